The van der Waals surface area contributed by atoms with E-state index in [0.29, 0.717) is 22.4 Å². The van der Waals surface area contributed by atoms with Crippen molar-refractivity contribution in [2.24, 2.45) is 0 Å². The molecule has 2 aromatic rings. The Bertz CT molecular complexity index is 782. The Hall–Kier alpha value is -2.67. The first-order chi connectivity index (χ1) is 11.7. The van der Waals surface area contributed by atoms with Crippen molar-refractivity contribution in [1.29, 1.82) is 5.26 Å². The summed E-state index contributed by atoms with van der Waals surface area (Å²) in [7, 11) is 0. The van der Waals surface area contributed by atoms with Crippen molar-refractivity contribution in [3.05, 3.63) is 65.2 Å². The topological polar surface area (TPSA) is 27.0 Å². The van der Waals surface area contributed by atoms with Crippen LogP contribution >= 0.6 is 0 Å². The Kier molecular flexibility index (Phi) is 4.90. The van der Waals surface area contributed by atoms with E-state index in [4.69, 9.17) is 0 Å². The molecule has 0 spiro atoms. The molecule has 1 saturated heterocycles. The average Bonchev–Trinajstić information content (AvgIpc) is 2.61. The van der Waals surface area contributed by atoms with E-state index in [-0.39, 0.29) is 11.6 Å². The zero-order valence-electron chi connectivity index (χ0n) is 13.3. The molecule has 1 aliphatic rings. The first kappa shape index (κ1) is 16.2. The predicted molar refractivity (Wildman–Crippen MR) is 92.3 cm³/mol. The van der Waals surface area contributed by atoms with Gasteiger partial charge in [-0.2, -0.15) is 5.26 Å². The molecule has 2 nitrogen and oxygen atoms in total. The van der Waals surface area contributed by atoms with Gasteiger partial charge in [-0.15, -0.1) is 0 Å². The van der Waals surface area contributed by atoms with Crippen molar-refractivity contribution in [2.75, 3.05) is 18.0 Å². The smallest absolute Gasteiger partial charge is 0.147 e. The molecule has 0 unspecified atom stereocenters. The van der Waals surface area contributed by atoms with E-state index in [1.807, 2.05) is 6.07 Å². The number of nitrogens with zero attached hydrogens (tertiary/aromatic N) is 2. The molecule has 0 bridgehead atoms. The Morgan fingerprint density at radius 3 is 2.33 bits per heavy atom. The summed E-state index contributed by atoms with van der Waals surface area (Å²) in [4.78, 5) is 2.07. The number of hydrogen-bond donors (Lipinski definition) is 0. The summed E-state index contributed by atoms with van der Waals surface area (Å²) in [5, 5.41) is 9.32. The number of piperidine rings is 1. The van der Waals surface area contributed by atoms with Gasteiger partial charge >= 0.3 is 0 Å². The zero-order chi connectivity index (χ0) is 16.9. The van der Waals surface area contributed by atoms with E-state index in [1.165, 1.54) is 24.6 Å². The van der Waals surface area contributed by atoms with Gasteiger partial charge in [-0.05, 0) is 60.7 Å². The Morgan fingerprint density at radius 1 is 1.00 bits per heavy atom. The SMILES string of the molecule is N#C/C(=C/c1ccc(N2CCCCC2)c(F)c1)c1ccc(F)cc1. The van der Waals surface area contributed by atoms with Crippen molar-refractivity contribution >= 4 is 17.3 Å². The molecular formula is C20H18F2N2. The van der Waals surface area contributed by atoms with Crippen LogP contribution in [0.5, 0.6) is 0 Å². The maximum atomic E-state index is 14.4. The molecule has 3 rings (SSSR count). The lowest BCUT2D eigenvalue weighted by Gasteiger charge is -2.29. The number of benzene rings is 2. The first-order valence-electron chi connectivity index (χ1n) is 8.09. The maximum Gasteiger partial charge on any atom is 0.147 e. The second-order valence-electron chi connectivity index (χ2n) is 5.94. The fraction of sp³-hybridized carbons (Fsp3) is 0.250. The summed E-state index contributed by atoms with van der Waals surface area (Å²) in [6.07, 6.45) is 4.99. The van der Waals surface area contributed by atoms with Crippen molar-refractivity contribution in [1.82, 2.24) is 0 Å². The Morgan fingerprint density at radius 2 is 1.71 bits per heavy atom. The molecule has 1 fully saturated rings. The van der Waals surface area contributed by atoms with Crippen LogP contribution in [0.4, 0.5) is 14.5 Å². The second-order valence-corrected chi connectivity index (χ2v) is 5.94. The van der Waals surface area contributed by atoms with Gasteiger partial charge in [0.05, 0.1) is 17.3 Å². The highest BCUT2D eigenvalue weighted by molar-refractivity contribution is 5.89. The monoisotopic (exact) mass is 324 g/mol. The van der Waals surface area contributed by atoms with E-state index >= 15 is 0 Å². The van der Waals surface area contributed by atoms with Crippen molar-refractivity contribution in [2.45, 2.75) is 19.3 Å². The molecule has 0 radical (unpaired) electrons. The highest BCUT2D eigenvalue weighted by Crippen LogP contribution is 2.26. The fourth-order valence-corrected chi connectivity index (χ4v) is 2.98. The van der Waals surface area contributed by atoms with E-state index < -0.39 is 0 Å². The van der Waals surface area contributed by atoms with Crippen LogP contribution < -0.4 is 4.90 Å². The van der Waals surface area contributed by atoms with Gasteiger partial charge in [0.2, 0.25) is 0 Å². The normalized spacial score (nSPS) is 15.2. The van der Waals surface area contributed by atoms with Gasteiger partial charge < -0.3 is 4.90 Å². The lowest BCUT2D eigenvalue weighted by molar-refractivity contribution is 0.557. The fourth-order valence-electron chi connectivity index (χ4n) is 2.98. The van der Waals surface area contributed by atoms with E-state index in [2.05, 4.69) is 11.0 Å². The molecular weight excluding hydrogens is 306 g/mol. The number of halogens is 2. The van der Waals surface area contributed by atoms with Crippen LogP contribution in [0.1, 0.15) is 30.4 Å². The van der Waals surface area contributed by atoms with Gasteiger partial charge in [0.1, 0.15) is 11.6 Å². The molecule has 0 atom stereocenters. The minimum Gasteiger partial charge on any atom is -0.369 e. The molecule has 0 N–H and O–H groups in total. The minimum atomic E-state index is -0.354. The van der Waals surface area contributed by atoms with Gasteiger partial charge in [0.25, 0.3) is 0 Å². The Labute approximate surface area is 140 Å². The summed E-state index contributed by atoms with van der Waals surface area (Å²) in [5.74, 6) is -0.630. The molecule has 1 heterocycles. The molecule has 0 aliphatic carbocycles. The summed E-state index contributed by atoms with van der Waals surface area (Å²) in [6, 6.07) is 12.8. The summed E-state index contributed by atoms with van der Waals surface area (Å²) in [5.41, 5.74) is 2.22. The van der Waals surface area contributed by atoms with E-state index in [9.17, 15) is 14.0 Å². The summed E-state index contributed by atoms with van der Waals surface area (Å²) < 4.78 is 27.4. The Balaban J connectivity index is 1.87. The van der Waals surface area contributed by atoms with Gasteiger partial charge in [-0.3, -0.25) is 0 Å². The predicted octanol–water partition coefficient (Wildman–Crippen LogP) is 5.02. The molecule has 1 aliphatic heterocycles. The third kappa shape index (κ3) is 3.62. The van der Waals surface area contributed by atoms with Crippen LogP contribution in [0.2, 0.25) is 0 Å². The quantitative estimate of drug-likeness (QED) is 0.585. The lowest BCUT2D eigenvalue weighted by atomic mass is 10.0. The van der Waals surface area contributed by atoms with Gasteiger partial charge in [0, 0.05) is 13.1 Å². The van der Waals surface area contributed by atoms with E-state index in [0.717, 1.165) is 25.9 Å². The van der Waals surface area contributed by atoms with Crippen LogP contribution in [0.3, 0.4) is 0 Å². The molecule has 24 heavy (non-hydrogen) atoms. The maximum absolute atomic E-state index is 14.4. The molecule has 0 amide bonds. The third-order valence-corrected chi connectivity index (χ3v) is 4.26. The number of anilines is 1. The number of nitriles is 1. The third-order valence-electron chi connectivity index (χ3n) is 4.26. The van der Waals surface area contributed by atoms with Gasteiger partial charge in [-0.25, -0.2) is 8.78 Å². The zero-order valence-corrected chi connectivity index (χ0v) is 13.3. The van der Waals surface area contributed by atoms with Crippen LogP contribution in [-0.4, -0.2) is 13.1 Å². The summed E-state index contributed by atoms with van der Waals surface area (Å²) in [6.45, 7) is 1.76. The first-order valence-corrected chi connectivity index (χ1v) is 8.09. The second kappa shape index (κ2) is 7.27. The molecule has 2 aromatic carbocycles. The van der Waals surface area contributed by atoms with Crippen molar-refractivity contribution in [3.8, 4) is 6.07 Å². The van der Waals surface area contributed by atoms with Crippen molar-refractivity contribution < 1.29 is 8.78 Å². The van der Waals surface area contributed by atoms with Gasteiger partial charge in [0.15, 0.2) is 0 Å². The van der Waals surface area contributed by atoms with Crippen LogP contribution in [0.15, 0.2) is 42.5 Å². The highest BCUT2D eigenvalue weighted by atomic mass is 19.1. The van der Waals surface area contributed by atoms with Crippen LogP contribution in [0, 0.1) is 23.0 Å². The molecule has 0 aromatic heterocycles. The van der Waals surface area contributed by atoms with Crippen LogP contribution in [-0.2, 0) is 0 Å². The molecule has 122 valence electrons. The standard InChI is InChI=1S/C20H18F2N2/c21-18-7-5-16(6-8-18)17(14-23)12-15-4-9-20(19(22)13-15)24-10-2-1-3-11-24/h4-9,12-13H,1-3,10-11H2/b17-12-. The molecule has 4 heteroatoms. The largest absolute Gasteiger partial charge is 0.369 e. The highest BCUT2D eigenvalue weighted by Gasteiger charge is 2.14. The number of rotatable bonds is 3. The number of allylic oxidation sites excluding steroid dienone is 1. The van der Waals surface area contributed by atoms with Crippen LogP contribution in [0.25, 0.3) is 11.6 Å². The average molecular weight is 324 g/mol. The molecule has 0 saturated carbocycles. The summed E-state index contributed by atoms with van der Waals surface area (Å²) >= 11 is 0. The minimum absolute atomic E-state index is 0.276. The van der Waals surface area contributed by atoms with Gasteiger partial charge in [-0.1, -0.05) is 18.2 Å². The van der Waals surface area contributed by atoms with E-state index in [1.54, 1.807) is 24.3 Å². The number of hydrogen-bond acceptors (Lipinski definition) is 2. The van der Waals surface area contributed by atoms with Crippen molar-refractivity contribution in [3.63, 3.8) is 0 Å². The lowest BCUT2D eigenvalue weighted by Crippen LogP contribution is -2.30.